The lowest BCUT2D eigenvalue weighted by molar-refractivity contribution is 1.14. The molecule has 0 unspecified atom stereocenters. The molecule has 0 amide bonds. The van der Waals surface area contributed by atoms with E-state index in [1.54, 1.807) is 0 Å². The monoisotopic (exact) mass is 153 g/mol. The first-order valence-electron chi connectivity index (χ1n) is 3.35. The van der Waals surface area contributed by atoms with Gasteiger partial charge in [-0.05, 0) is 24.5 Å². The fraction of sp³-hybridized carbons (Fsp3) is 0.222. The van der Waals surface area contributed by atoms with E-state index in [9.17, 15) is 0 Å². The lowest BCUT2D eigenvalue weighted by Gasteiger charge is -2.01. The van der Waals surface area contributed by atoms with Crippen molar-refractivity contribution < 1.29 is 0 Å². The third-order valence-electron chi connectivity index (χ3n) is 1.54. The molecule has 0 fully saturated rings. The van der Waals surface area contributed by atoms with E-state index >= 15 is 0 Å². The van der Waals surface area contributed by atoms with Gasteiger partial charge in [0.05, 0.1) is 0 Å². The summed E-state index contributed by atoms with van der Waals surface area (Å²) >= 11 is 5.93. The molecule has 1 aromatic rings. The molecule has 0 atom stereocenters. The van der Waals surface area contributed by atoms with E-state index in [-0.39, 0.29) is 0 Å². The van der Waals surface area contributed by atoms with E-state index in [0.717, 1.165) is 17.0 Å². The second kappa shape index (κ2) is 3.07. The molecule has 0 saturated heterocycles. The highest BCUT2D eigenvalue weighted by atomic mass is 35.5. The van der Waals surface area contributed by atoms with Gasteiger partial charge in [-0.1, -0.05) is 36.7 Å². The molecule has 1 radical (unpaired) electrons. The van der Waals surface area contributed by atoms with E-state index in [2.05, 4.69) is 13.8 Å². The Morgan fingerprint density at radius 1 is 1.50 bits per heavy atom. The molecule has 0 aliphatic carbocycles. The minimum Gasteiger partial charge on any atom is -0.0837 e. The van der Waals surface area contributed by atoms with Crippen molar-refractivity contribution in [3.63, 3.8) is 0 Å². The Morgan fingerprint density at radius 2 is 2.20 bits per heavy atom. The topological polar surface area (TPSA) is 0 Å². The number of benzene rings is 1. The number of aryl methyl sites for hydroxylation is 1. The Bertz CT molecular complexity index is 228. The van der Waals surface area contributed by atoms with Crippen LogP contribution in [0.4, 0.5) is 0 Å². The van der Waals surface area contributed by atoms with Gasteiger partial charge in [0.25, 0.3) is 0 Å². The van der Waals surface area contributed by atoms with E-state index < -0.39 is 0 Å². The minimum atomic E-state index is 0.810. The highest BCUT2D eigenvalue weighted by Gasteiger charge is 1.98. The molecule has 1 aromatic carbocycles. The number of rotatable bonds is 1. The first-order valence-corrected chi connectivity index (χ1v) is 3.73. The van der Waals surface area contributed by atoms with Crippen LogP contribution in [0.3, 0.4) is 0 Å². The summed E-state index contributed by atoms with van der Waals surface area (Å²) in [7, 11) is 0. The predicted octanol–water partition coefficient (Wildman–Crippen LogP) is 3.08. The van der Waals surface area contributed by atoms with Crippen LogP contribution in [0.2, 0.25) is 5.02 Å². The number of hydrogen-bond donors (Lipinski definition) is 0. The predicted molar refractivity (Wildman–Crippen MR) is 45.3 cm³/mol. The maximum Gasteiger partial charge on any atom is 0.0469 e. The molecule has 53 valence electrons. The van der Waals surface area contributed by atoms with Crippen LogP contribution in [-0.4, -0.2) is 0 Å². The first-order chi connectivity index (χ1) is 4.75. The highest BCUT2D eigenvalue weighted by Crippen LogP contribution is 2.19. The second-order valence-corrected chi connectivity index (χ2v) is 2.62. The summed E-state index contributed by atoms with van der Waals surface area (Å²) in [6, 6.07) is 5.92. The molecule has 0 bridgehead atoms. The lowest BCUT2D eigenvalue weighted by Crippen LogP contribution is -1.83. The fourth-order valence-corrected chi connectivity index (χ4v) is 1.17. The van der Waals surface area contributed by atoms with Crippen LogP contribution >= 0.6 is 11.6 Å². The molecule has 0 saturated carbocycles. The summed E-state index contributed by atoms with van der Waals surface area (Å²) < 4.78 is 0. The maximum atomic E-state index is 5.93. The third-order valence-corrected chi connectivity index (χ3v) is 2.03. The van der Waals surface area contributed by atoms with Crippen molar-refractivity contribution >= 4 is 11.6 Å². The Labute approximate surface area is 66.8 Å². The molecule has 0 aliphatic heterocycles. The van der Waals surface area contributed by atoms with Gasteiger partial charge in [0.15, 0.2) is 0 Å². The van der Waals surface area contributed by atoms with Gasteiger partial charge in [0.1, 0.15) is 0 Å². The van der Waals surface area contributed by atoms with Crippen molar-refractivity contribution in [2.24, 2.45) is 0 Å². The van der Waals surface area contributed by atoms with Crippen LogP contribution in [0, 0.1) is 6.92 Å². The zero-order valence-corrected chi connectivity index (χ0v) is 6.78. The molecule has 0 nitrogen and oxygen atoms in total. The smallest absolute Gasteiger partial charge is 0.0469 e. The van der Waals surface area contributed by atoms with Crippen molar-refractivity contribution in [3.05, 3.63) is 41.3 Å². The lowest BCUT2D eigenvalue weighted by atomic mass is 10.1. The largest absolute Gasteiger partial charge is 0.0837 e. The van der Waals surface area contributed by atoms with Crippen molar-refractivity contribution in [3.8, 4) is 0 Å². The standard InChI is InChI=1S/C9H10Cl/c1-3-8-6-4-5-7(2)9(8)10/h4-6H,2-3H2,1H3. The average molecular weight is 154 g/mol. The summed E-state index contributed by atoms with van der Waals surface area (Å²) in [5.41, 5.74) is 2.09. The van der Waals surface area contributed by atoms with Gasteiger partial charge in [-0.15, -0.1) is 0 Å². The summed E-state index contributed by atoms with van der Waals surface area (Å²) in [6.45, 7) is 5.88. The Hall–Kier alpha value is -0.490. The molecule has 0 heterocycles. The fourth-order valence-electron chi connectivity index (χ4n) is 0.906. The number of hydrogen-bond acceptors (Lipinski definition) is 0. The summed E-state index contributed by atoms with van der Waals surface area (Å²) in [4.78, 5) is 0. The molecule has 0 aliphatic rings. The summed E-state index contributed by atoms with van der Waals surface area (Å²) in [6.07, 6.45) is 0.974. The molecule has 1 rings (SSSR count). The van der Waals surface area contributed by atoms with E-state index in [4.69, 9.17) is 11.6 Å². The highest BCUT2D eigenvalue weighted by molar-refractivity contribution is 6.32. The van der Waals surface area contributed by atoms with Crippen LogP contribution in [0.25, 0.3) is 0 Å². The third kappa shape index (κ3) is 1.32. The molecule has 0 spiro atoms. The maximum absolute atomic E-state index is 5.93. The normalized spacial score (nSPS) is 9.90. The van der Waals surface area contributed by atoms with Crippen LogP contribution in [0.15, 0.2) is 18.2 Å². The molecular formula is C9H10Cl. The van der Waals surface area contributed by atoms with E-state index in [1.807, 2.05) is 18.2 Å². The first kappa shape index (κ1) is 7.62. The molecular weight excluding hydrogens is 144 g/mol. The SMILES string of the molecule is [CH2]c1cccc(CC)c1Cl. The summed E-state index contributed by atoms with van der Waals surface area (Å²) in [5, 5.41) is 0.810. The molecule has 1 heteroatoms. The quantitative estimate of drug-likeness (QED) is 0.582. The Balaban J connectivity index is 3.14. The van der Waals surface area contributed by atoms with Crippen molar-refractivity contribution in [1.29, 1.82) is 0 Å². The Kier molecular flexibility index (Phi) is 2.34. The van der Waals surface area contributed by atoms with Crippen LogP contribution in [0.5, 0.6) is 0 Å². The van der Waals surface area contributed by atoms with Crippen LogP contribution in [0.1, 0.15) is 18.1 Å². The van der Waals surface area contributed by atoms with Crippen molar-refractivity contribution in [2.45, 2.75) is 13.3 Å². The van der Waals surface area contributed by atoms with Gasteiger partial charge < -0.3 is 0 Å². The second-order valence-electron chi connectivity index (χ2n) is 2.24. The van der Waals surface area contributed by atoms with Gasteiger partial charge in [0, 0.05) is 5.02 Å². The van der Waals surface area contributed by atoms with Crippen LogP contribution in [-0.2, 0) is 6.42 Å². The summed E-state index contributed by atoms with van der Waals surface area (Å²) in [5.74, 6) is 0. The van der Waals surface area contributed by atoms with Gasteiger partial charge in [0.2, 0.25) is 0 Å². The minimum absolute atomic E-state index is 0.810. The van der Waals surface area contributed by atoms with Gasteiger partial charge >= 0.3 is 0 Å². The zero-order chi connectivity index (χ0) is 7.56. The van der Waals surface area contributed by atoms with Crippen LogP contribution < -0.4 is 0 Å². The van der Waals surface area contributed by atoms with Gasteiger partial charge in [-0.2, -0.15) is 0 Å². The Morgan fingerprint density at radius 3 is 2.70 bits per heavy atom. The number of halogens is 1. The van der Waals surface area contributed by atoms with Gasteiger partial charge in [-0.25, -0.2) is 0 Å². The average Bonchev–Trinajstić information content (AvgIpc) is 1.95. The van der Waals surface area contributed by atoms with Gasteiger partial charge in [-0.3, -0.25) is 0 Å². The zero-order valence-electron chi connectivity index (χ0n) is 6.02. The molecule has 0 N–H and O–H groups in total. The molecule has 0 aromatic heterocycles. The van der Waals surface area contributed by atoms with E-state index in [0.29, 0.717) is 0 Å². The van der Waals surface area contributed by atoms with Crippen molar-refractivity contribution in [2.75, 3.05) is 0 Å². The van der Waals surface area contributed by atoms with Crippen molar-refractivity contribution in [1.82, 2.24) is 0 Å². The molecule has 10 heavy (non-hydrogen) atoms. The van der Waals surface area contributed by atoms with E-state index in [1.165, 1.54) is 5.56 Å².